The van der Waals surface area contributed by atoms with Gasteiger partial charge in [-0.3, -0.25) is 4.79 Å². The van der Waals surface area contributed by atoms with Crippen molar-refractivity contribution < 1.29 is 18.1 Å². The molecule has 28 heavy (non-hydrogen) atoms. The molecule has 0 fully saturated rings. The SMILES string of the molecule is Cc1cc(-c2nnc(SCC(=O)Nc3nc(-c4ccc(F)cc4)cs3)o2)no1. The van der Waals surface area contributed by atoms with Crippen LogP contribution in [0.15, 0.2) is 49.9 Å². The van der Waals surface area contributed by atoms with Gasteiger partial charge in [0.2, 0.25) is 5.91 Å². The first-order valence-electron chi connectivity index (χ1n) is 7.98. The van der Waals surface area contributed by atoms with E-state index in [4.69, 9.17) is 8.94 Å². The molecule has 1 amide bonds. The Morgan fingerprint density at radius 3 is 2.82 bits per heavy atom. The summed E-state index contributed by atoms with van der Waals surface area (Å²) in [5.41, 5.74) is 1.88. The van der Waals surface area contributed by atoms with Crippen molar-refractivity contribution in [3.8, 4) is 22.8 Å². The molecule has 1 N–H and O–H groups in total. The van der Waals surface area contributed by atoms with Gasteiger partial charge in [0, 0.05) is 17.0 Å². The molecule has 4 rings (SSSR count). The molecule has 0 atom stereocenters. The maximum absolute atomic E-state index is 13.0. The molecular weight excluding hydrogens is 405 g/mol. The van der Waals surface area contributed by atoms with Crippen LogP contribution < -0.4 is 5.32 Å². The van der Waals surface area contributed by atoms with Gasteiger partial charge in [0.25, 0.3) is 11.1 Å². The average Bonchev–Trinajstić information content (AvgIpc) is 3.41. The topological polar surface area (TPSA) is 107 Å². The molecular formula is C17H12FN5O3S2. The molecule has 0 spiro atoms. The number of hydrogen-bond acceptors (Lipinski definition) is 9. The fourth-order valence-corrected chi connectivity index (χ4v) is 3.50. The Hall–Kier alpha value is -3.05. The smallest absolute Gasteiger partial charge is 0.277 e. The minimum atomic E-state index is -0.313. The zero-order valence-electron chi connectivity index (χ0n) is 14.4. The number of rotatable bonds is 6. The Kier molecular flexibility index (Phi) is 5.17. The number of carbonyl (C=O) groups excluding carboxylic acids is 1. The van der Waals surface area contributed by atoms with Gasteiger partial charge < -0.3 is 14.3 Å². The van der Waals surface area contributed by atoms with Crippen molar-refractivity contribution >= 4 is 34.1 Å². The second-order valence-electron chi connectivity index (χ2n) is 5.58. The number of nitrogens with zero attached hydrogens (tertiary/aromatic N) is 4. The third kappa shape index (κ3) is 4.26. The highest BCUT2D eigenvalue weighted by Crippen LogP contribution is 2.26. The van der Waals surface area contributed by atoms with E-state index in [1.54, 1.807) is 30.5 Å². The first-order valence-corrected chi connectivity index (χ1v) is 9.84. The Morgan fingerprint density at radius 2 is 2.07 bits per heavy atom. The van der Waals surface area contributed by atoms with E-state index in [-0.39, 0.29) is 28.6 Å². The summed E-state index contributed by atoms with van der Waals surface area (Å²) in [6.07, 6.45) is 0. The Morgan fingerprint density at radius 1 is 1.25 bits per heavy atom. The first kappa shape index (κ1) is 18.3. The highest BCUT2D eigenvalue weighted by Gasteiger charge is 2.15. The molecule has 0 aliphatic rings. The van der Waals surface area contributed by atoms with Crippen LogP contribution in [0.3, 0.4) is 0 Å². The van der Waals surface area contributed by atoms with E-state index in [1.165, 1.54) is 23.5 Å². The summed E-state index contributed by atoms with van der Waals surface area (Å²) in [6, 6.07) is 7.67. The third-order valence-corrected chi connectivity index (χ3v) is 5.05. The van der Waals surface area contributed by atoms with Gasteiger partial charge in [-0.15, -0.1) is 21.5 Å². The number of aromatic nitrogens is 4. The van der Waals surface area contributed by atoms with Crippen LogP contribution in [0.5, 0.6) is 0 Å². The number of benzene rings is 1. The number of nitrogens with one attached hydrogen (secondary N) is 1. The summed E-state index contributed by atoms with van der Waals surface area (Å²) < 4.78 is 23.4. The van der Waals surface area contributed by atoms with E-state index in [0.717, 1.165) is 17.3 Å². The third-order valence-electron chi connectivity index (χ3n) is 3.47. The van der Waals surface area contributed by atoms with Gasteiger partial charge in [0.15, 0.2) is 10.8 Å². The molecule has 3 aromatic heterocycles. The summed E-state index contributed by atoms with van der Waals surface area (Å²) in [5.74, 6) is 0.355. The van der Waals surface area contributed by atoms with Crippen LogP contribution >= 0.6 is 23.1 Å². The average molecular weight is 417 g/mol. The number of anilines is 1. The standard InChI is InChI=1S/C17H12FN5O3S2/c1-9-6-12(23-26-9)15-21-22-17(25-15)28-8-14(24)20-16-19-13(7-27-16)10-2-4-11(18)5-3-10/h2-7H,8H2,1H3,(H,19,20,24). The molecule has 0 aliphatic carbocycles. The Bertz CT molecular complexity index is 1110. The Balaban J connectivity index is 1.33. The van der Waals surface area contributed by atoms with Crippen molar-refractivity contribution in [2.24, 2.45) is 0 Å². The van der Waals surface area contributed by atoms with E-state index in [0.29, 0.717) is 22.3 Å². The lowest BCUT2D eigenvalue weighted by Crippen LogP contribution is -2.13. The van der Waals surface area contributed by atoms with Gasteiger partial charge >= 0.3 is 0 Å². The predicted molar refractivity (Wildman–Crippen MR) is 101 cm³/mol. The maximum Gasteiger partial charge on any atom is 0.277 e. The minimum absolute atomic E-state index is 0.0743. The van der Waals surface area contributed by atoms with Crippen LogP contribution in [0.25, 0.3) is 22.8 Å². The van der Waals surface area contributed by atoms with Crippen LogP contribution in [0.4, 0.5) is 9.52 Å². The van der Waals surface area contributed by atoms with E-state index in [1.807, 2.05) is 0 Å². The van der Waals surface area contributed by atoms with Gasteiger partial charge in [-0.2, -0.15) is 0 Å². The summed E-state index contributed by atoms with van der Waals surface area (Å²) in [6.45, 7) is 1.76. The number of thiazole rings is 1. The lowest BCUT2D eigenvalue weighted by molar-refractivity contribution is -0.113. The Labute approximate surface area is 166 Å². The van der Waals surface area contributed by atoms with E-state index in [9.17, 15) is 9.18 Å². The minimum Gasteiger partial charge on any atom is -0.409 e. The second-order valence-corrected chi connectivity index (χ2v) is 7.36. The van der Waals surface area contributed by atoms with Crippen molar-refractivity contribution in [1.29, 1.82) is 0 Å². The molecule has 4 aromatic rings. The van der Waals surface area contributed by atoms with E-state index < -0.39 is 0 Å². The zero-order valence-corrected chi connectivity index (χ0v) is 16.0. The molecule has 1 aromatic carbocycles. The number of halogens is 1. The lowest BCUT2D eigenvalue weighted by Gasteiger charge is -1.99. The second kappa shape index (κ2) is 7.90. The molecule has 0 saturated heterocycles. The largest absolute Gasteiger partial charge is 0.409 e. The van der Waals surface area contributed by atoms with E-state index in [2.05, 4.69) is 25.7 Å². The quantitative estimate of drug-likeness (QED) is 0.469. The summed E-state index contributed by atoms with van der Waals surface area (Å²) in [4.78, 5) is 16.5. The lowest BCUT2D eigenvalue weighted by atomic mass is 10.2. The summed E-state index contributed by atoms with van der Waals surface area (Å²) in [5, 5.41) is 16.7. The normalized spacial score (nSPS) is 10.9. The zero-order chi connectivity index (χ0) is 19.5. The summed E-state index contributed by atoms with van der Waals surface area (Å²) in [7, 11) is 0. The summed E-state index contributed by atoms with van der Waals surface area (Å²) >= 11 is 2.39. The predicted octanol–water partition coefficient (Wildman–Crippen LogP) is 4.03. The number of thioether (sulfide) groups is 1. The number of hydrogen-bond donors (Lipinski definition) is 1. The molecule has 8 nitrogen and oxygen atoms in total. The number of carbonyl (C=O) groups is 1. The maximum atomic E-state index is 13.0. The van der Waals surface area contributed by atoms with Gasteiger partial charge in [-0.1, -0.05) is 16.9 Å². The van der Waals surface area contributed by atoms with Crippen molar-refractivity contribution in [1.82, 2.24) is 20.3 Å². The van der Waals surface area contributed by atoms with Gasteiger partial charge in [-0.25, -0.2) is 9.37 Å². The van der Waals surface area contributed by atoms with Gasteiger partial charge in [0.1, 0.15) is 11.6 Å². The molecule has 0 saturated carbocycles. The van der Waals surface area contributed by atoms with Gasteiger partial charge in [0.05, 0.1) is 11.4 Å². The van der Waals surface area contributed by atoms with Gasteiger partial charge in [-0.05, 0) is 31.2 Å². The molecule has 11 heteroatoms. The molecule has 142 valence electrons. The molecule has 3 heterocycles. The number of amides is 1. The van der Waals surface area contributed by atoms with Crippen molar-refractivity contribution in [3.63, 3.8) is 0 Å². The highest BCUT2D eigenvalue weighted by molar-refractivity contribution is 7.99. The molecule has 0 bridgehead atoms. The molecule has 0 radical (unpaired) electrons. The van der Waals surface area contributed by atoms with Crippen molar-refractivity contribution in [2.45, 2.75) is 12.1 Å². The fraction of sp³-hybridized carbons (Fsp3) is 0.118. The monoisotopic (exact) mass is 417 g/mol. The van der Waals surface area contributed by atoms with Crippen molar-refractivity contribution in [2.75, 3.05) is 11.1 Å². The van der Waals surface area contributed by atoms with Crippen LogP contribution in [0.2, 0.25) is 0 Å². The fourth-order valence-electron chi connectivity index (χ4n) is 2.21. The van der Waals surface area contributed by atoms with E-state index >= 15 is 0 Å². The van der Waals surface area contributed by atoms with Crippen LogP contribution in [-0.4, -0.2) is 32.0 Å². The number of aryl methyl sites for hydroxylation is 1. The molecule has 0 aliphatic heterocycles. The van der Waals surface area contributed by atoms with Crippen LogP contribution in [0.1, 0.15) is 5.76 Å². The molecule has 0 unspecified atom stereocenters. The van der Waals surface area contributed by atoms with Crippen molar-refractivity contribution in [3.05, 3.63) is 47.3 Å². The first-order chi connectivity index (χ1) is 13.6. The highest BCUT2D eigenvalue weighted by atomic mass is 32.2. The van der Waals surface area contributed by atoms with Crippen LogP contribution in [0, 0.1) is 12.7 Å². The van der Waals surface area contributed by atoms with Crippen LogP contribution in [-0.2, 0) is 4.79 Å².